The Kier molecular flexibility index (Phi) is 5.48. The van der Waals surface area contributed by atoms with Crippen molar-refractivity contribution in [3.8, 4) is 11.6 Å². The maximum absolute atomic E-state index is 12.9. The van der Waals surface area contributed by atoms with Crippen LogP contribution in [0.2, 0.25) is 0 Å². The van der Waals surface area contributed by atoms with Crippen LogP contribution in [0, 0.1) is 0 Å². The third-order valence-corrected chi connectivity index (χ3v) is 5.71. The lowest BCUT2D eigenvalue weighted by molar-refractivity contribution is -0.0501. The summed E-state index contributed by atoms with van der Waals surface area (Å²) in [7, 11) is -5.99. The fourth-order valence-corrected chi connectivity index (χ4v) is 3.46. The Bertz CT molecular complexity index is 1280. The molecule has 1 heterocycles. The molecular formula is C19H16BrF3N2O4S. The minimum atomic E-state index is -5.99. The van der Waals surface area contributed by atoms with Crippen LogP contribution in [0.5, 0.6) is 5.88 Å². The van der Waals surface area contributed by atoms with Crippen molar-refractivity contribution in [2.45, 2.75) is 31.7 Å². The highest BCUT2D eigenvalue weighted by Crippen LogP contribution is 2.31. The highest BCUT2D eigenvalue weighted by Gasteiger charge is 2.49. The van der Waals surface area contributed by atoms with Crippen molar-refractivity contribution < 1.29 is 25.8 Å². The number of nitrogens with zero attached hydrogens (tertiary/aromatic N) is 2. The van der Waals surface area contributed by atoms with Crippen LogP contribution in [0.3, 0.4) is 0 Å². The number of rotatable bonds is 3. The van der Waals surface area contributed by atoms with Gasteiger partial charge in [-0.2, -0.15) is 26.3 Å². The van der Waals surface area contributed by atoms with E-state index >= 15 is 0 Å². The largest absolute Gasteiger partial charge is 0.534 e. The van der Waals surface area contributed by atoms with Gasteiger partial charge < -0.3 is 4.18 Å². The highest BCUT2D eigenvalue weighted by molar-refractivity contribution is 9.10. The number of aromatic nitrogens is 2. The number of fused-ring (bicyclic) bond motifs is 1. The standard InChI is InChI=1S/C19H16BrF3N2O4S/c1-18(2,3)11-4-7-13(8-5-11)25-17(26)14-9-6-12(20)10-15(14)16(24-25)29-30(27,28)19(21,22)23/h4-10H,1-3H3. The second-order valence-corrected chi connectivity index (χ2v) is 9.95. The predicted octanol–water partition coefficient (Wildman–Crippen LogP) is 4.67. The van der Waals surface area contributed by atoms with Crippen LogP contribution in [0.25, 0.3) is 16.5 Å². The van der Waals surface area contributed by atoms with Gasteiger partial charge >= 0.3 is 15.6 Å². The normalized spacial score (nSPS) is 12.9. The molecule has 0 radical (unpaired) electrons. The van der Waals surface area contributed by atoms with E-state index in [1.807, 2.05) is 20.8 Å². The van der Waals surface area contributed by atoms with Crippen molar-refractivity contribution >= 4 is 36.8 Å². The average molecular weight is 505 g/mol. The lowest BCUT2D eigenvalue weighted by Crippen LogP contribution is -2.30. The van der Waals surface area contributed by atoms with Crippen molar-refractivity contribution in [3.05, 3.63) is 62.9 Å². The summed E-state index contributed by atoms with van der Waals surface area (Å²) in [5, 5.41) is 3.55. The SMILES string of the molecule is CC(C)(C)c1ccc(-n2nc(OS(=O)(=O)C(F)(F)F)c3cc(Br)ccc3c2=O)cc1. The monoisotopic (exact) mass is 504 g/mol. The first-order chi connectivity index (χ1) is 13.7. The van der Waals surface area contributed by atoms with Crippen molar-refractivity contribution in [2.24, 2.45) is 0 Å². The van der Waals surface area contributed by atoms with E-state index in [0.29, 0.717) is 4.47 Å². The van der Waals surface area contributed by atoms with Gasteiger partial charge in [-0.05, 0) is 41.3 Å². The number of hydrogen-bond acceptors (Lipinski definition) is 5. The molecule has 3 aromatic rings. The van der Waals surface area contributed by atoms with Crippen LogP contribution in [-0.2, 0) is 15.5 Å². The minimum Gasteiger partial charge on any atom is -0.353 e. The van der Waals surface area contributed by atoms with Gasteiger partial charge in [0.15, 0.2) is 0 Å². The molecule has 0 unspecified atom stereocenters. The van der Waals surface area contributed by atoms with E-state index in [0.717, 1.165) is 10.2 Å². The summed E-state index contributed by atoms with van der Waals surface area (Å²) in [6, 6.07) is 10.8. The first-order valence-corrected chi connectivity index (χ1v) is 10.7. The minimum absolute atomic E-state index is 0.0551. The zero-order chi connectivity index (χ0) is 22.5. The summed E-state index contributed by atoms with van der Waals surface area (Å²) in [4.78, 5) is 12.9. The summed E-state index contributed by atoms with van der Waals surface area (Å²) < 4.78 is 67.1. The molecule has 1 aromatic heterocycles. The van der Waals surface area contributed by atoms with Crippen LogP contribution in [0.15, 0.2) is 51.7 Å². The Morgan fingerprint density at radius 1 is 1.00 bits per heavy atom. The Morgan fingerprint density at radius 3 is 2.13 bits per heavy atom. The van der Waals surface area contributed by atoms with Crippen LogP contribution in [0.1, 0.15) is 26.3 Å². The summed E-state index contributed by atoms with van der Waals surface area (Å²) in [5.41, 5.74) is -5.26. The molecule has 2 aromatic carbocycles. The van der Waals surface area contributed by atoms with Gasteiger partial charge in [0.05, 0.1) is 16.5 Å². The average Bonchev–Trinajstić information content (AvgIpc) is 2.62. The molecule has 0 fully saturated rings. The molecule has 0 saturated heterocycles. The smallest absolute Gasteiger partial charge is 0.353 e. The van der Waals surface area contributed by atoms with E-state index in [2.05, 4.69) is 25.2 Å². The van der Waals surface area contributed by atoms with E-state index in [-0.39, 0.29) is 21.9 Å². The van der Waals surface area contributed by atoms with E-state index in [1.165, 1.54) is 18.2 Å². The second-order valence-electron chi connectivity index (χ2n) is 7.49. The molecule has 0 aliphatic carbocycles. The fourth-order valence-electron chi connectivity index (χ4n) is 2.67. The molecule has 3 rings (SSSR count). The molecule has 160 valence electrons. The maximum atomic E-state index is 12.9. The first-order valence-electron chi connectivity index (χ1n) is 8.55. The number of hydrogen-bond donors (Lipinski definition) is 0. The topological polar surface area (TPSA) is 78.3 Å². The summed E-state index contributed by atoms with van der Waals surface area (Å²) in [5.74, 6) is -0.858. The zero-order valence-electron chi connectivity index (χ0n) is 16.0. The van der Waals surface area contributed by atoms with Gasteiger partial charge in [0, 0.05) is 4.47 Å². The molecule has 6 nitrogen and oxygen atoms in total. The van der Waals surface area contributed by atoms with Gasteiger partial charge in [-0.15, -0.1) is 5.10 Å². The van der Waals surface area contributed by atoms with Gasteiger partial charge in [0.2, 0.25) is 0 Å². The van der Waals surface area contributed by atoms with Crippen LogP contribution < -0.4 is 9.74 Å². The van der Waals surface area contributed by atoms with Crippen molar-refractivity contribution in [2.75, 3.05) is 0 Å². The molecule has 0 aliphatic heterocycles. The van der Waals surface area contributed by atoms with Gasteiger partial charge in [0.25, 0.3) is 11.4 Å². The van der Waals surface area contributed by atoms with Crippen LogP contribution in [0.4, 0.5) is 13.2 Å². The predicted molar refractivity (Wildman–Crippen MR) is 109 cm³/mol. The molecule has 0 saturated carbocycles. The van der Waals surface area contributed by atoms with E-state index in [1.54, 1.807) is 24.3 Å². The van der Waals surface area contributed by atoms with E-state index in [9.17, 15) is 26.4 Å². The van der Waals surface area contributed by atoms with Crippen molar-refractivity contribution in [1.29, 1.82) is 0 Å². The zero-order valence-corrected chi connectivity index (χ0v) is 18.4. The Hall–Kier alpha value is -2.40. The summed E-state index contributed by atoms with van der Waals surface area (Å²) >= 11 is 3.14. The van der Waals surface area contributed by atoms with E-state index in [4.69, 9.17) is 0 Å². The number of benzene rings is 2. The Morgan fingerprint density at radius 2 is 1.60 bits per heavy atom. The molecule has 0 aliphatic rings. The lowest BCUT2D eigenvalue weighted by Gasteiger charge is -2.19. The third kappa shape index (κ3) is 4.22. The molecule has 0 N–H and O–H groups in total. The molecule has 30 heavy (non-hydrogen) atoms. The quantitative estimate of drug-likeness (QED) is 0.382. The fraction of sp³-hybridized carbons (Fsp3) is 0.263. The van der Waals surface area contributed by atoms with Gasteiger partial charge in [0.1, 0.15) is 0 Å². The van der Waals surface area contributed by atoms with Crippen molar-refractivity contribution in [3.63, 3.8) is 0 Å². The molecule has 0 bridgehead atoms. The second kappa shape index (κ2) is 7.38. The molecule has 0 spiro atoms. The van der Waals surface area contributed by atoms with Gasteiger partial charge in [-0.1, -0.05) is 48.8 Å². The van der Waals surface area contributed by atoms with Gasteiger partial charge in [-0.25, -0.2) is 0 Å². The van der Waals surface area contributed by atoms with E-state index < -0.39 is 27.1 Å². The third-order valence-electron chi connectivity index (χ3n) is 4.28. The summed E-state index contributed by atoms with van der Waals surface area (Å²) in [6.07, 6.45) is 0. The molecular weight excluding hydrogens is 489 g/mol. The van der Waals surface area contributed by atoms with Gasteiger partial charge in [-0.3, -0.25) is 4.79 Å². The Labute approximate surface area is 178 Å². The Balaban J connectivity index is 2.26. The maximum Gasteiger partial charge on any atom is 0.534 e. The number of alkyl halides is 3. The molecule has 0 amide bonds. The lowest BCUT2D eigenvalue weighted by atomic mass is 9.87. The van der Waals surface area contributed by atoms with Crippen LogP contribution >= 0.6 is 15.9 Å². The molecule has 0 atom stereocenters. The molecule has 11 heteroatoms. The van der Waals surface area contributed by atoms with Crippen LogP contribution in [-0.4, -0.2) is 23.7 Å². The summed E-state index contributed by atoms with van der Waals surface area (Å²) in [6.45, 7) is 5.98. The first kappa shape index (κ1) is 22.3. The highest BCUT2D eigenvalue weighted by atomic mass is 79.9. The number of halogens is 4. The van der Waals surface area contributed by atoms with Crippen molar-refractivity contribution in [1.82, 2.24) is 9.78 Å².